The summed E-state index contributed by atoms with van der Waals surface area (Å²) < 4.78 is 10.2. The van der Waals surface area contributed by atoms with Crippen molar-refractivity contribution < 1.29 is 24.0 Å². The molecule has 1 aromatic carbocycles. The number of carbonyl (C=O) groups excluding carboxylic acids is 2. The number of allylic oxidation sites excluding steroid dienone is 1. The molecule has 3 rings (SSSR count). The predicted octanol–water partition coefficient (Wildman–Crippen LogP) is 5.58. The van der Waals surface area contributed by atoms with Gasteiger partial charge in [0.25, 0.3) is 5.69 Å². The highest BCUT2D eigenvalue weighted by molar-refractivity contribution is 7.18. The van der Waals surface area contributed by atoms with Gasteiger partial charge in [-0.15, -0.1) is 22.7 Å². The number of rotatable bonds is 10. The highest BCUT2D eigenvalue weighted by atomic mass is 32.1. The molecule has 12 heteroatoms. The molecular formula is C24H20N4O6S2. The number of anilines is 1. The smallest absolute Gasteiger partial charge is 0.348 e. The summed E-state index contributed by atoms with van der Waals surface area (Å²) in [6, 6.07) is 7.99. The van der Waals surface area contributed by atoms with Gasteiger partial charge < -0.3 is 14.8 Å². The molecular weight excluding hydrogens is 504 g/mol. The van der Waals surface area contributed by atoms with E-state index in [1.807, 2.05) is 0 Å². The van der Waals surface area contributed by atoms with Gasteiger partial charge in [-0.2, -0.15) is 5.26 Å². The molecule has 0 aliphatic rings. The van der Waals surface area contributed by atoms with E-state index in [1.165, 1.54) is 35.7 Å². The zero-order valence-electron chi connectivity index (χ0n) is 19.3. The van der Waals surface area contributed by atoms with Crippen LogP contribution in [0.25, 0.3) is 16.8 Å². The Kier molecular flexibility index (Phi) is 8.66. The molecule has 0 spiro atoms. The topological polar surface area (TPSA) is 144 Å². The standard InChI is InChI=1S/C24H20N4O6S2/c1-4-10-34-24(30)20-14(3)19(23(29)33-5-2)22(36-20)26-12-16(11-25)21-27-18(13-35-21)15-6-8-17(9-7-15)28(31)32/h4,6-9,12-13,26H,1,5,10H2,2-3H3/b16-12-. The van der Waals surface area contributed by atoms with Crippen LogP contribution >= 0.6 is 22.7 Å². The zero-order valence-corrected chi connectivity index (χ0v) is 20.9. The second-order valence-electron chi connectivity index (χ2n) is 7.02. The number of ether oxygens (including phenoxy) is 2. The largest absolute Gasteiger partial charge is 0.462 e. The summed E-state index contributed by atoms with van der Waals surface area (Å²) in [6.07, 6.45) is 2.83. The fourth-order valence-electron chi connectivity index (χ4n) is 3.02. The van der Waals surface area contributed by atoms with Gasteiger partial charge in [0.05, 0.1) is 22.8 Å². The summed E-state index contributed by atoms with van der Waals surface area (Å²) in [6.45, 7) is 6.97. The lowest BCUT2D eigenvalue weighted by molar-refractivity contribution is -0.384. The lowest BCUT2D eigenvalue weighted by atomic mass is 10.1. The number of nitriles is 1. The van der Waals surface area contributed by atoms with Gasteiger partial charge in [-0.3, -0.25) is 10.1 Å². The molecule has 0 aliphatic carbocycles. The minimum absolute atomic E-state index is 0.0211. The number of nitrogens with zero attached hydrogens (tertiary/aromatic N) is 3. The Balaban J connectivity index is 1.91. The van der Waals surface area contributed by atoms with E-state index in [4.69, 9.17) is 9.47 Å². The van der Waals surface area contributed by atoms with E-state index in [0.29, 0.717) is 26.8 Å². The van der Waals surface area contributed by atoms with Crippen LogP contribution < -0.4 is 5.32 Å². The van der Waals surface area contributed by atoms with Crippen LogP contribution in [0.2, 0.25) is 0 Å². The van der Waals surface area contributed by atoms with E-state index in [0.717, 1.165) is 11.3 Å². The van der Waals surface area contributed by atoms with E-state index in [2.05, 4.69) is 22.9 Å². The van der Waals surface area contributed by atoms with Gasteiger partial charge >= 0.3 is 11.9 Å². The van der Waals surface area contributed by atoms with Crippen LogP contribution in [0.4, 0.5) is 10.7 Å². The molecule has 184 valence electrons. The molecule has 0 amide bonds. The van der Waals surface area contributed by atoms with Crippen molar-refractivity contribution in [1.82, 2.24) is 4.98 Å². The first-order valence-electron chi connectivity index (χ1n) is 10.5. The number of thiazole rings is 1. The first-order valence-corrected chi connectivity index (χ1v) is 12.2. The molecule has 1 N–H and O–H groups in total. The van der Waals surface area contributed by atoms with E-state index < -0.39 is 16.9 Å². The predicted molar refractivity (Wildman–Crippen MR) is 137 cm³/mol. The maximum absolute atomic E-state index is 12.6. The Hall–Kier alpha value is -4.34. The van der Waals surface area contributed by atoms with Crippen molar-refractivity contribution in [2.45, 2.75) is 13.8 Å². The van der Waals surface area contributed by atoms with Crippen LogP contribution in [0.3, 0.4) is 0 Å². The number of thiophene rings is 1. The Morgan fingerprint density at radius 3 is 2.61 bits per heavy atom. The Bertz CT molecular complexity index is 1380. The normalized spacial score (nSPS) is 10.9. The fraction of sp³-hybridized carbons (Fsp3) is 0.167. The van der Waals surface area contributed by atoms with E-state index >= 15 is 0 Å². The monoisotopic (exact) mass is 524 g/mol. The van der Waals surface area contributed by atoms with Crippen LogP contribution in [0, 0.1) is 28.4 Å². The van der Waals surface area contributed by atoms with Gasteiger partial charge in [0, 0.05) is 29.3 Å². The third-order valence-corrected chi connectivity index (χ3v) is 6.80. The van der Waals surface area contributed by atoms with Crippen molar-refractivity contribution in [1.29, 1.82) is 5.26 Å². The number of nitro groups is 1. The van der Waals surface area contributed by atoms with Crippen molar-refractivity contribution in [2.24, 2.45) is 0 Å². The number of benzene rings is 1. The summed E-state index contributed by atoms with van der Waals surface area (Å²) in [4.78, 5) is 40.1. The summed E-state index contributed by atoms with van der Waals surface area (Å²) in [7, 11) is 0. The molecule has 0 unspecified atom stereocenters. The van der Waals surface area contributed by atoms with Crippen molar-refractivity contribution in [3.63, 3.8) is 0 Å². The number of esters is 2. The summed E-state index contributed by atoms with van der Waals surface area (Å²) in [5.41, 5.74) is 1.94. The number of carbonyl (C=O) groups is 2. The van der Waals surface area contributed by atoms with Gasteiger partial charge in [-0.1, -0.05) is 12.7 Å². The zero-order chi connectivity index (χ0) is 26.2. The number of nitrogens with one attached hydrogen (secondary N) is 1. The van der Waals surface area contributed by atoms with Crippen molar-refractivity contribution in [2.75, 3.05) is 18.5 Å². The van der Waals surface area contributed by atoms with Gasteiger partial charge in [-0.25, -0.2) is 14.6 Å². The van der Waals surface area contributed by atoms with Crippen LogP contribution in [0.1, 0.15) is 37.5 Å². The minimum Gasteiger partial charge on any atom is -0.462 e. The average molecular weight is 525 g/mol. The molecule has 2 aromatic heterocycles. The number of hydrogen-bond acceptors (Lipinski definition) is 11. The SMILES string of the molecule is C=CCOC(=O)c1sc(N/C=C(/C#N)c2nc(-c3ccc([N+](=O)[O-])cc3)cs2)c(C(=O)OCC)c1C. The second kappa shape index (κ2) is 11.9. The van der Waals surface area contributed by atoms with E-state index in [-0.39, 0.29) is 34.9 Å². The van der Waals surface area contributed by atoms with Crippen molar-refractivity contribution >= 4 is 50.9 Å². The molecule has 0 fully saturated rings. The molecule has 0 radical (unpaired) electrons. The molecule has 3 aromatic rings. The first kappa shape index (κ1) is 26.3. The molecule has 0 saturated carbocycles. The molecule has 2 heterocycles. The van der Waals surface area contributed by atoms with Crippen LogP contribution in [0.5, 0.6) is 0 Å². The number of nitro benzene ring substituents is 1. The van der Waals surface area contributed by atoms with Crippen LogP contribution in [0.15, 0.2) is 48.5 Å². The van der Waals surface area contributed by atoms with Crippen molar-refractivity contribution in [3.05, 3.63) is 79.6 Å². The molecule has 10 nitrogen and oxygen atoms in total. The lowest BCUT2D eigenvalue weighted by Gasteiger charge is -2.05. The fourth-order valence-corrected chi connectivity index (χ4v) is 4.88. The van der Waals surface area contributed by atoms with Gasteiger partial charge in [0.15, 0.2) is 0 Å². The maximum Gasteiger partial charge on any atom is 0.348 e. The Labute approximate surface area is 214 Å². The van der Waals surface area contributed by atoms with Gasteiger partial charge in [0.2, 0.25) is 0 Å². The first-order chi connectivity index (χ1) is 17.3. The quantitative estimate of drug-likeness (QED) is 0.118. The molecule has 0 bridgehead atoms. The Morgan fingerprint density at radius 2 is 2.00 bits per heavy atom. The average Bonchev–Trinajstić information content (AvgIpc) is 3.48. The summed E-state index contributed by atoms with van der Waals surface area (Å²) in [5.74, 6) is -1.22. The highest BCUT2D eigenvalue weighted by Crippen LogP contribution is 2.35. The molecule has 0 atom stereocenters. The van der Waals surface area contributed by atoms with Gasteiger partial charge in [-0.05, 0) is 31.5 Å². The van der Waals surface area contributed by atoms with Crippen LogP contribution in [-0.2, 0) is 9.47 Å². The number of non-ortho nitro benzene ring substituents is 1. The van der Waals surface area contributed by atoms with Crippen molar-refractivity contribution in [3.8, 4) is 17.3 Å². The third-order valence-electron chi connectivity index (χ3n) is 4.72. The third kappa shape index (κ3) is 5.83. The Morgan fingerprint density at radius 1 is 1.28 bits per heavy atom. The molecule has 0 saturated heterocycles. The second-order valence-corrected chi connectivity index (χ2v) is 8.90. The van der Waals surface area contributed by atoms with Gasteiger partial charge in [0.1, 0.15) is 33.1 Å². The molecule has 0 aliphatic heterocycles. The summed E-state index contributed by atoms with van der Waals surface area (Å²) >= 11 is 2.22. The number of aromatic nitrogens is 1. The van der Waals surface area contributed by atoms with Crippen LogP contribution in [-0.4, -0.2) is 35.1 Å². The number of hydrogen-bond donors (Lipinski definition) is 1. The highest BCUT2D eigenvalue weighted by Gasteiger charge is 2.26. The maximum atomic E-state index is 12.6. The lowest BCUT2D eigenvalue weighted by Crippen LogP contribution is -2.09. The van der Waals surface area contributed by atoms with E-state index in [9.17, 15) is 25.0 Å². The molecule has 36 heavy (non-hydrogen) atoms. The minimum atomic E-state index is -0.613. The summed E-state index contributed by atoms with van der Waals surface area (Å²) in [5, 5.41) is 26.0. The van der Waals surface area contributed by atoms with E-state index in [1.54, 1.807) is 31.4 Å².